The van der Waals surface area contributed by atoms with Crippen molar-refractivity contribution in [1.82, 2.24) is 24.8 Å². The highest BCUT2D eigenvalue weighted by molar-refractivity contribution is 5.81. The molecular formula is C22H21FN6. The topological polar surface area (TPSA) is 58.9 Å². The predicted octanol–water partition coefficient (Wildman–Crippen LogP) is 3.42. The Morgan fingerprint density at radius 2 is 1.79 bits per heavy atom. The van der Waals surface area contributed by atoms with E-state index in [0.29, 0.717) is 6.04 Å². The molecule has 0 radical (unpaired) electrons. The highest BCUT2D eigenvalue weighted by Gasteiger charge is 2.20. The van der Waals surface area contributed by atoms with Gasteiger partial charge in [0.2, 0.25) is 0 Å². The summed E-state index contributed by atoms with van der Waals surface area (Å²) >= 11 is 0. The molecule has 1 saturated heterocycles. The van der Waals surface area contributed by atoms with Gasteiger partial charge in [-0.2, -0.15) is 0 Å². The van der Waals surface area contributed by atoms with E-state index in [4.69, 9.17) is 9.97 Å². The van der Waals surface area contributed by atoms with Gasteiger partial charge in [-0.05, 0) is 55.5 Å². The lowest BCUT2D eigenvalue weighted by Crippen LogP contribution is -2.49. The van der Waals surface area contributed by atoms with Crippen LogP contribution in [-0.2, 0) is 0 Å². The number of anilines is 1. The SMILES string of the molecule is C[C@H]1CN(c2ccc3nc(-c4ccc(F)cc4)n(-c4ccncc4)c3n2)CCN1. The second-order valence-electron chi connectivity index (χ2n) is 7.30. The monoisotopic (exact) mass is 388 g/mol. The number of imidazole rings is 1. The molecule has 1 aromatic carbocycles. The van der Waals surface area contributed by atoms with Crippen LogP contribution in [0.2, 0.25) is 0 Å². The van der Waals surface area contributed by atoms with E-state index in [1.54, 1.807) is 24.5 Å². The second-order valence-corrected chi connectivity index (χ2v) is 7.30. The van der Waals surface area contributed by atoms with Crippen molar-refractivity contribution in [2.24, 2.45) is 0 Å². The van der Waals surface area contributed by atoms with Crippen LogP contribution in [0.5, 0.6) is 0 Å². The van der Waals surface area contributed by atoms with E-state index >= 15 is 0 Å². The van der Waals surface area contributed by atoms with Gasteiger partial charge in [0, 0.05) is 43.6 Å². The summed E-state index contributed by atoms with van der Waals surface area (Å²) in [5, 5.41) is 3.46. The zero-order chi connectivity index (χ0) is 19.8. The number of benzene rings is 1. The molecule has 1 N–H and O–H groups in total. The lowest BCUT2D eigenvalue weighted by Gasteiger charge is -2.32. The van der Waals surface area contributed by atoms with Crippen molar-refractivity contribution in [3.05, 3.63) is 66.7 Å². The maximum absolute atomic E-state index is 13.5. The quantitative estimate of drug-likeness (QED) is 0.583. The van der Waals surface area contributed by atoms with Crippen molar-refractivity contribution in [3.8, 4) is 17.1 Å². The van der Waals surface area contributed by atoms with Crippen LogP contribution in [-0.4, -0.2) is 45.2 Å². The average Bonchev–Trinajstić information content (AvgIpc) is 3.13. The van der Waals surface area contributed by atoms with Gasteiger partial charge in [0.1, 0.15) is 23.0 Å². The number of nitrogens with one attached hydrogen (secondary N) is 1. The zero-order valence-electron chi connectivity index (χ0n) is 16.1. The van der Waals surface area contributed by atoms with E-state index in [0.717, 1.165) is 53.7 Å². The van der Waals surface area contributed by atoms with Gasteiger partial charge in [0.15, 0.2) is 5.65 Å². The minimum atomic E-state index is -0.270. The van der Waals surface area contributed by atoms with Crippen LogP contribution in [0.15, 0.2) is 60.9 Å². The molecule has 0 amide bonds. The maximum atomic E-state index is 13.5. The van der Waals surface area contributed by atoms with Crippen molar-refractivity contribution in [2.75, 3.05) is 24.5 Å². The van der Waals surface area contributed by atoms with Crippen LogP contribution in [0.1, 0.15) is 6.92 Å². The van der Waals surface area contributed by atoms with E-state index < -0.39 is 0 Å². The van der Waals surface area contributed by atoms with Crippen LogP contribution < -0.4 is 10.2 Å². The fourth-order valence-corrected chi connectivity index (χ4v) is 3.79. The summed E-state index contributed by atoms with van der Waals surface area (Å²) in [7, 11) is 0. The van der Waals surface area contributed by atoms with Crippen molar-refractivity contribution in [1.29, 1.82) is 0 Å². The van der Waals surface area contributed by atoms with E-state index in [9.17, 15) is 4.39 Å². The molecule has 1 aliphatic heterocycles. The Balaban J connectivity index is 1.69. The van der Waals surface area contributed by atoms with Gasteiger partial charge in [-0.3, -0.25) is 9.55 Å². The molecule has 1 atom stereocenters. The number of nitrogens with zero attached hydrogens (tertiary/aromatic N) is 5. The number of hydrogen-bond acceptors (Lipinski definition) is 5. The van der Waals surface area contributed by atoms with Gasteiger partial charge >= 0.3 is 0 Å². The Labute approximate surface area is 168 Å². The molecule has 0 unspecified atom stereocenters. The third kappa shape index (κ3) is 3.34. The summed E-state index contributed by atoms with van der Waals surface area (Å²) in [5.74, 6) is 1.39. The third-order valence-corrected chi connectivity index (χ3v) is 5.21. The molecule has 7 heteroatoms. The summed E-state index contributed by atoms with van der Waals surface area (Å²) in [5.41, 5.74) is 3.32. The smallest absolute Gasteiger partial charge is 0.167 e. The molecule has 0 spiro atoms. The molecular weight excluding hydrogens is 367 g/mol. The Morgan fingerprint density at radius 3 is 2.55 bits per heavy atom. The molecule has 4 heterocycles. The molecule has 0 aliphatic carbocycles. The highest BCUT2D eigenvalue weighted by Crippen LogP contribution is 2.29. The fourth-order valence-electron chi connectivity index (χ4n) is 3.79. The lowest BCUT2D eigenvalue weighted by molar-refractivity contribution is 0.482. The van der Waals surface area contributed by atoms with Crippen LogP contribution in [0.3, 0.4) is 0 Å². The van der Waals surface area contributed by atoms with Gasteiger partial charge in [0.25, 0.3) is 0 Å². The maximum Gasteiger partial charge on any atom is 0.167 e. The number of rotatable bonds is 3. The highest BCUT2D eigenvalue weighted by atomic mass is 19.1. The normalized spacial score (nSPS) is 17.0. The van der Waals surface area contributed by atoms with Gasteiger partial charge < -0.3 is 10.2 Å². The van der Waals surface area contributed by atoms with Crippen LogP contribution in [0.4, 0.5) is 10.2 Å². The number of hydrogen-bond donors (Lipinski definition) is 1. The Morgan fingerprint density at radius 1 is 1.00 bits per heavy atom. The summed E-state index contributed by atoms with van der Waals surface area (Å²) in [6, 6.07) is 14.7. The fraction of sp³-hybridized carbons (Fsp3) is 0.227. The van der Waals surface area contributed by atoms with Gasteiger partial charge in [-0.15, -0.1) is 0 Å². The van der Waals surface area contributed by atoms with E-state index in [1.165, 1.54) is 12.1 Å². The molecule has 1 fully saturated rings. The Bertz CT molecular complexity index is 1140. The van der Waals surface area contributed by atoms with Crippen molar-refractivity contribution >= 4 is 17.0 Å². The lowest BCUT2D eigenvalue weighted by atomic mass is 10.2. The van der Waals surface area contributed by atoms with Crippen LogP contribution in [0, 0.1) is 5.82 Å². The summed E-state index contributed by atoms with van der Waals surface area (Å²) in [4.78, 5) is 16.2. The molecule has 6 nitrogen and oxygen atoms in total. The second kappa shape index (κ2) is 7.25. The van der Waals surface area contributed by atoms with E-state index in [2.05, 4.69) is 22.1 Å². The molecule has 1 aliphatic rings. The summed E-state index contributed by atoms with van der Waals surface area (Å²) in [6.45, 7) is 4.94. The standard InChI is InChI=1S/C22H21FN6/c1-15-14-28(13-12-25-15)20-7-6-19-22(27-20)29(18-8-10-24-11-9-18)21(26-19)16-2-4-17(23)5-3-16/h2-11,15,25H,12-14H2,1H3/t15-/m0/s1. The summed E-state index contributed by atoms with van der Waals surface area (Å²) in [6.07, 6.45) is 3.49. The minimum Gasteiger partial charge on any atom is -0.354 e. The molecule has 5 rings (SSSR count). The molecule has 4 aromatic rings. The number of piperazine rings is 1. The van der Waals surface area contributed by atoms with Gasteiger partial charge in [-0.1, -0.05) is 0 Å². The van der Waals surface area contributed by atoms with Crippen molar-refractivity contribution in [3.63, 3.8) is 0 Å². The largest absolute Gasteiger partial charge is 0.354 e. The molecule has 146 valence electrons. The first kappa shape index (κ1) is 17.8. The number of aromatic nitrogens is 4. The first-order valence-corrected chi connectivity index (χ1v) is 9.73. The summed E-state index contributed by atoms with van der Waals surface area (Å²) < 4.78 is 15.5. The molecule has 0 bridgehead atoms. The molecule has 29 heavy (non-hydrogen) atoms. The van der Waals surface area contributed by atoms with E-state index in [1.807, 2.05) is 28.8 Å². The zero-order valence-corrected chi connectivity index (χ0v) is 16.1. The van der Waals surface area contributed by atoms with Crippen molar-refractivity contribution < 1.29 is 4.39 Å². The van der Waals surface area contributed by atoms with Gasteiger partial charge in [-0.25, -0.2) is 14.4 Å². The first-order valence-electron chi connectivity index (χ1n) is 9.73. The predicted molar refractivity (Wildman–Crippen MR) is 112 cm³/mol. The van der Waals surface area contributed by atoms with Crippen LogP contribution >= 0.6 is 0 Å². The van der Waals surface area contributed by atoms with Crippen molar-refractivity contribution in [2.45, 2.75) is 13.0 Å². The van der Waals surface area contributed by atoms with Crippen LogP contribution in [0.25, 0.3) is 28.2 Å². The minimum absolute atomic E-state index is 0.270. The number of fused-ring (bicyclic) bond motifs is 1. The molecule has 0 saturated carbocycles. The molecule has 3 aromatic heterocycles. The Kier molecular flexibility index (Phi) is 4.44. The third-order valence-electron chi connectivity index (χ3n) is 5.21. The van der Waals surface area contributed by atoms with Gasteiger partial charge in [0.05, 0.1) is 5.69 Å². The number of pyridine rings is 2. The Hall–Kier alpha value is -3.32. The van der Waals surface area contributed by atoms with E-state index in [-0.39, 0.29) is 5.82 Å². The number of halogens is 1. The average molecular weight is 388 g/mol. The first-order chi connectivity index (χ1) is 14.2.